The van der Waals surface area contributed by atoms with Gasteiger partial charge in [-0.2, -0.15) is 0 Å². The Kier molecular flexibility index (Phi) is 4.73. The van der Waals surface area contributed by atoms with Crippen molar-refractivity contribution in [2.24, 2.45) is 5.92 Å². The van der Waals surface area contributed by atoms with Crippen LogP contribution in [-0.2, 0) is 9.59 Å². The average Bonchev–Trinajstić information content (AvgIpc) is 2.94. The van der Waals surface area contributed by atoms with Crippen LogP contribution in [0, 0.1) is 11.7 Å². The monoisotopic (exact) mass is 366 g/mol. The van der Waals surface area contributed by atoms with E-state index in [1.165, 1.54) is 29.2 Å². The molecule has 0 radical (unpaired) electrons. The molecular formula is C17H13Cl2FN2O2. The molecule has 1 heterocycles. The van der Waals surface area contributed by atoms with Crippen LogP contribution in [0.15, 0.2) is 42.5 Å². The first-order valence-electron chi connectivity index (χ1n) is 7.26. The Morgan fingerprint density at radius 2 is 1.88 bits per heavy atom. The zero-order valence-corrected chi connectivity index (χ0v) is 13.9. The number of benzene rings is 2. The number of carbonyl (C=O) groups is 2. The highest BCUT2D eigenvalue weighted by Gasteiger charge is 2.36. The Morgan fingerprint density at radius 3 is 2.58 bits per heavy atom. The quantitative estimate of drug-likeness (QED) is 0.887. The van der Waals surface area contributed by atoms with E-state index in [-0.39, 0.29) is 35.6 Å². The van der Waals surface area contributed by atoms with E-state index in [0.717, 1.165) is 0 Å². The smallest absolute Gasteiger partial charge is 0.229 e. The number of nitrogens with one attached hydrogen (secondary N) is 1. The van der Waals surface area contributed by atoms with Gasteiger partial charge in [-0.15, -0.1) is 0 Å². The molecule has 124 valence electrons. The van der Waals surface area contributed by atoms with Crippen LogP contribution in [0.1, 0.15) is 6.42 Å². The second kappa shape index (κ2) is 6.79. The lowest BCUT2D eigenvalue weighted by Gasteiger charge is -2.18. The summed E-state index contributed by atoms with van der Waals surface area (Å²) in [5, 5.41) is 3.32. The minimum atomic E-state index is -0.516. The summed E-state index contributed by atoms with van der Waals surface area (Å²) in [7, 11) is 0. The van der Waals surface area contributed by atoms with Crippen molar-refractivity contribution in [3.8, 4) is 0 Å². The predicted molar refractivity (Wildman–Crippen MR) is 92.0 cm³/mol. The zero-order valence-electron chi connectivity index (χ0n) is 12.4. The number of amides is 2. The van der Waals surface area contributed by atoms with Crippen LogP contribution in [-0.4, -0.2) is 18.4 Å². The first-order valence-corrected chi connectivity index (χ1v) is 8.02. The summed E-state index contributed by atoms with van der Waals surface area (Å²) in [6.45, 7) is 0.214. The Morgan fingerprint density at radius 1 is 1.17 bits per heavy atom. The van der Waals surface area contributed by atoms with Gasteiger partial charge in [0, 0.05) is 18.7 Å². The lowest BCUT2D eigenvalue weighted by atomic mass is 10.1. The van der Waals surface area contributed by atoms with E-state index in [1.54, 1.807) is 18.2 Å². The molecule has 4 nitrogen and oxygen atoms in total. The molecule has 1 atom stereocenters. The van der Waals surface area contributed by atoms with Gasteiger partial charge in [-0.3, -0.25) is 9.59 Å². The molecule has 7 heteroatoms. The Labute approximate surface area is 148 Å². The fourth-order valence-corrected chi connectivity index (χ4v) is 2.99. The van der Waals surface area contributed by atoms with E-state index < -0.39 is 5.92 Å². The van der Waals surface area contributed by atoms with Crippen LogP contribution in [0.25, 0.3) is 0 Å². The Balaban J connectivity index is 1.73. The second-order valence-electron chi connectivity index (χ2n) is 5.47. The van der Waals surface area contributed by atoms with E-state index in [2.05, 4.69) is 5.32 Å². The van der Waals surface area contributed by atoms with Crippen LogP contribution in [0.2, 0.25) is 10.0 Å². The third-order valence-corrected chi connectivity index (χ3v) is 4.64. The first-order chi connectivity index (χ1) is 11.5. The molecule has 1 N–H and O–H groups in total. The molecule has 0 saturated carbocycles. The molecule has 0 aliphatic carbocycles. The van der Waals surface area contributed by atoms with Crippen molar-refractivity contribution in [3.63, 3.8) is 0 Å². The van der Waals surface area contributed by atoms with Crippen molar-refractivity contribution >= 4 is 46.4 Å². The number of hydrogen-bond donors (Lipinski definition) is 1. The SMILES string of the molecule is O=C(Nc1ccc(F)cc1)[C@@H]1CC(=O)N(c2cccc(Cl)c2Cl)C1. The van der Waals surface area contributed by atoms with Crippen LogP contribution >= 0.6 is 23.2 Å². The number of nitrogens with zero attached hydrogens (tertiary/aromatic N) is 1. The van der Waals surface area contributed by atoms with Crippen molar-refractivity contribution in [1.82, 2.24) is 0 Å². The topological polar surface area (TPSA) is 49.4 Å². The Bertz CT molecular complexity index is 796. The molecule has 2 amide bonds. The summed E-state index contributed by atoms with van der Waals surface area (Å²) >= 11 is 12.1. The third-order valence-electron chi connectivity index (χ3n) is 3.83. The lowest BCUT2D eigenvalue weighted by Crippen LogP contribution is -2.28. The molecular weight excluding hydrogens is 354 g/mol. The van der Waals surface area contributed by atoms with Crippen molar-refractivity contribution in [2.45, 2.75) is 6.42 Å². The van der Waals surface area contributed by atoms with Crippen molar-refractivity contribution in [3.05, 3.63) is 58.3 Å². The third kappa shape index (κ3) is 3.37. The summed E-state index contributed by atoms with van der Waals surface area (Å²) < 4.78 is 12.9. The highest BCUT2D eigenvalue weighted by Crippen LogP contribution is 2.35. The van der Waals surface area contributed by atoms with E-state index >= 15 is 0 Å². The Hall–Kier alpha value is -2.11. The first kappa shape index (κ1) is 16.7. The van der Waals surface area contributed by atoms with E-state index in [1.807, 2.05) is 0 Å². The highest BCUT2D eigenvalue weighted by molar-refractivity contribution is 6.44. The van der Waals surface area contributed by atoms with Crippen molar-refractivity contribution < 1.29 is 14.0 Å². The summed E-state index contributed by atoms with van der Waals surface area (Å²) in [6.07, 6.45) is 0.0792. The van der Waals surface area contributed by atoms with Crippen molar-refractivity contribution in [1.29, 1.82) is 0 Å². The van der Waals surface area contributed by atoms with Gasteiger partial charge in [-0.05, 0) is 36.4 Å². The van der Waals surface area contributed by atoms with Crippen LogP contribution in [0.3, 0.4) is 0 Å². The number of anilines is 2. The summed E-state index contributed by atoms with van der Waals surface area (Å²) in [6, 6.07) is 10.5. The van der Waals surface area contributed by atoms with Gasteiger partial charge in [0.2, 0.25) is 11.8 Å². The maximum absolute atomic E-state index is 12.9. The van der Waals surface area contributed by atoms with E-state index in [4.69, 9.17) is 23.2 Å². The average molecular weight is 367 g/mol. The van der Waals surface area contributed by atoms with Gasteiger partial charge in [-0.1, -0.05) is 29.3 Å². The standard InChI is InChI=1S/C17H13Cl2FN2O2/c18-13-2-1-3-14(16(13)19)22-9-10(8-15(22)23)17(24)21-12-6-4-11(20)5-7-12/h1-7,10H,8-9H2,(H,21,24)/t10-/m1/s1. The molecule has 2 aromatic rings. The van der Waals surface area contributed by atoms with Crippen molar-refractivity contribution in [2.75, 3.05) is 16.8 Å². The lowest BCUT2D eigenvalue weighted by molar-refractivity contribution is -0.122. The molecule has 1 saturated heterocycles. The number of hydrogen-bond acceptors (Lipinski definition) is 2. The predicted octanol–water partition coefficient (Wildman–Crippen LogP) is 4.12. The maximum atomic E-state index is 12.9. The summed E-state index contributed by atoms with van der Waals surface area (Å²) in [4.78, 5) is 26.0. The molecule has 1 aliphatic heterocycles. The molecule has 1 aliphatic rings. The highest BCUT2D eigenvalue weighted by atomic mass is 35.5. The fourth-order valence-electron chi connectivity index (χ4n) is 2.59. The van der Waals surface area contributed by atoms with Crippen LogP contribution in [0.4, 0.5) is 15.8 Å². The normalized spacial score (nSPS) is 17.2. The van der Waals surface area contributed by atoms with Gasteiger partial charge in [0.1, 0.15) is 5.82 Å². The van der Waals surface area contributed by atoms with Crippen LogP contribution in [0.5, 0.6) is 0 Å². The maximum Gasteiger partial charge on any atom is 0.229 e. The minimum absolute atomic E-state index is 0.0792. The van der Waals surface area contributed by atoms with Gasteiger partial charge in [-0.25, -0.2) is 4.39 Å². The molecule has 3 rings (SSSR count). The van der Waals surface area contributed by atoms with Gasteiger partial charge in [0.25, 0.3) is 0 Å². The number of halogens is 3. The fraction of sp³-hybridized carbons (Fsp3) is 0.176. The zero-order chi connectivity index (χ0) is 17.3. The summed E-state index contributed by atoms with van der Waals surface area (Å²) in [5.41, 5.74) is 0.972. The number of rotatable bonds is 3. The molecule has 0 unspecified atom stereocenters. The second-order valence-corrected chi connectivity index (χ2v) is 6.26. The van der Waals surface area contributed by atoms with E-state index in [9.17, 15) is 14.0 Å². The molecule has 0 spiro atoms. The molecule has 1 fully saturated rings. The molecule has 2 aromatic carbocycles. The van der Waals surface area contributed by atoms with E-state index in [0.29, 0.717) is 16.4 Å². The van der Waals surface area contributed by atoms with Crippen LogP contribution < -0.4 is 10.2 Å². The largest absolute Gasteiger partial charge is 0.326 e. The van der Waals surface area contributed by atoms with Gasteiger partial charge >= 0.3 is 0 Å². The van der Waals surface area contributed by atoms with Gasteiger partial charge in [0.05, 0.1) is 21.7 Å². The van der Waals surface area contributed by atoms with Gasteiger partial charge in [0.15, 0.2) is 0 Å². The molecule has 0 aromatic heterocycles. The molecule has 24 heavy (non-hydrogen) atoms. The van der Waals surface area contributed by atoms with Gasteiger partial charge < -0.3 is 10.2 Å². The molecule has 0 bridgehead atoms. The number of carbonyl (C=O) groups excluding carboxylic acids is 2. The minimum Gasteiger partial charge on any atom is -0.326 e. The summed E-state index contributed by atoms with van der Waals surface area (Å²) in [5.74, 6) is -1.39.